The van der Waals surface area contributed by atoms with Gasteiger partial charge in [-0.3, -0.25) is 9.69 Å². The van der Waals surface area contributed by atoms with E-state index in [-0.39, 0.29) is 35.6 Å². The molecule has 1 amide bonds. The first-order valence-corrected chi connectivity index (χ1v) is 16.8. The number of nitrogens with one attached hydrogen (secondary N) is 1. The van der Waals surface area contributed by atoms with Gasteiger partial charge in [0.2, 0.25) is 6.79 Å². The zero-order chi connectivity index (χ0) is 30.3. The maximum Gasteiger partial charge on any atom is 0.251 e. The molecule has 0 aromatic heterocycles. The lowest BCUT2D eigenvalue weighted by molar-refractivity contribution is -0.183. The fraction of sp³-hybridized carbons (Fsp3) is 0.382. The molecule has 1 spiro atoms. The van der Waals surface area contributed by atoms with Gasteiger partial charge in [0.05, 0.1) is 23.9 Å². The van der Waals surface area contributed by atoms with E-state index in [1.165, 1.54) is 0 Å². The van der Waals surface area contributed by atoms with Crippen molar-refractivity contribution < 1.29 is 32.2 Å². The maximum absolute atomic E-state index is 13.4. The molecule has 7 rings (SSSR count). The van der Waals surface area contributed by atoms with Gasteiger partial charge in [-0.15, -0.1) is 0 Å². The van der Waals surface area contributed by atoms with Gasteiger partial charge in [0.15, 0.2) is 27.1 Å². The molecule has 3 aromatic rings. The number of benzene rings is 3. The highest BCUT2D eigenvalue weighted by molar-refractivity contribution is 7.91. The molecule has 10 heteroatoms. The molecule has 1 saturated heterocycles. The normalized spacial score (nSPS) is 20.3. The Labute approximate surface area is 257 Å². The van der Waals surface area contributed by atoms with Crippen molar-refractivity contribution in [2.75, 3.05) is 38.1 Å². The van der Waals surface area contributed by atoms with E-state index in [2.05, 4.69) is 17.3 Å². The van der Waals surface area contributed by atoms with Crippen LogP contribution in [0.2, 0.25) is 0 Å². The van der Waals surface area contributed by atoms with E-state index >= 15 is 0 Å². The number of anilines is 1. The van der Waals surface area contributed by atoms with E-state index < -0.39 is 9.84 Å². The maximum atomic E-state index is 13.4. The lowest BCUT2D eigenvalue weighted by atomic mass is 9.89. The molecular weight excluding hydrogens is 580 g/mol. The molecule has 1 saturated carbocycles. The summed E-state index contributed by atoms with van der Waals surface area (Å²) in [5, 5.41) is 2.97. The summed E-state index contributed by atoms with van der Waals surface area (Å²) in [5.74, 6) is 0.533. The minimum atomic E-state index is -3.55. The van der Waals surface area contributed by atoms with Crippen LogP contribution in [0, 0.1) is 0 Å². The van der Waals surface area contributed by atoms with E-state index in [0.29, 0.717) is 47.6 Å². The van der Waals surface area contributed by atoms with E-state index in [4.69, 9.17) is 18.9 Å². The average Bonchev–Trinajstić information content (AvgIpc) is 3.66. The highest BCUT2D eigenvalue weighted by atomic mass is 32.2. The summed E-state index contributed by atoms with van der Waals surface area (Å²) >= 11 is 0. The van der Waals surface area contributed by atoms with Crippen molar-refractivity contribution >= 4 is 27.5 Å². The topological polar surface area (TPSA) is 103 Å². The number of sulfone groups is 1. The van der Waals surface area contributed by atoms with Crippen molar-refractivity contribution in [2.45, 2.75) is 55.4 Å². The first kappa shape index (κ1) is 29.0. The summed E-state index contributed by atoms with van der Waals surface area (Å²) in [6, 6.07) is 19.2. The van der Waals surface area contributed by atoms with E-state index in [9.17, 15) is 13.2 Å². The van der Waals surface area contributed by atoms with Crippen molar-refractivity contribution in [3.8, 4) is 22.6 Å². The van der Waals surface area contributed by atoms with Gasteiger partial charge in [-0.1, -0.05) is 24.3 Å². The van der Waals surface area contributed by atoms with Crippen LogP contribution in [0.5, 0.6) is 11.5 Å². The average molecular weight is 617 g/mol. The highest BCUT2D eigenvalue weighted by Gasteiger charge is 2.41. The third kappa shape index (κ3) is 5.87. The lowest BCUT2D eigenvalue weighted by Crippen LogP contribution is -2.42. The highest BCUT2D eigenvalue weighted by Crippen LogP contribution is 2.39. The molecule has 3 aliphatic heterocycles. The van der Waals surface area contributed by atoms with Crippen molar-refractivity contribution in [1.82, 2.24) is 4.90 Å². The number of ether oxygens (including phenoxy) is 4. The zero-order valence-electron chi connectivity index (χ0n) is 24.7. The molecule has 0 unspecified atom stereocenters. The quantitative estimate of drug-likeness (QED) is 0.393. The van der Waals surface area contributed by atoms with Crippen LogP contribution in [0.15, 0.2) is 71.1 Å². The third-order valence-corrected chi connectivity index (χ3v) is 10.9. The fourth-order valence-electron chi connectivity index (χ4n) is 6.58. The molecular formula is C34H36N2O7S. The largest absolute Gasteiger partial charge is 0.454 e. The van der Waals surface area contributed by atoms with Crippen LogP contribution >= 0.6 is 0 Å². The van der Waals surface area contributed by atoms with Gasteiger partial charge < -0.3 is 24.3 Å². The van der Waals surface area contributed by atoms with Gasteiger partial charge in [0, 0.05) is 36.7 Å². The Hall–Kier alpha value is -3.70. The lowest BCUT2D eigenvalue weighted by Gasteiger charge is -2.39. The van der Waals surface area contributed by atoms with Gasteiger partial charge in [0.25, 0.3) is 5.91 Å². The zero-order valence-corrected chi connectivity index (χ0v) is 25.5. The molecule has 44 heavy (non-hydrogen) atoms. The Morgan fingerprint density at radius 3 is 2.41 bits per heavy atom. The molecule has 1 aliphatic carbocycles. The number of hydrogen-bond donors (Lipinski definition) is 1. The minimum Gasteiger partial charge on any atom is -0.454 e. The SMILES string of the molecule is CN(Cc1ccc(NC(=O)C2=Cc3cc(-c4ccc5c(c4)OCO5)ccc3S(=O)(=O)CC2)cc1)C1CCC2(CC1)OCCO2. The summed E-state index contributed by atoms with van der Waals surface area (Å²) in [5.41, 5.74) is 4.43. The third-order valence-electron chi connectivity index (χ3n) is 9.11. The number of carbonyl (C=O) groups is 1. The van der Waals surface area contributed by atoms with Crippen LogP contribution in [0.4, 0.5) is 5.69 Å². The Balaban J connectivity index is 1.03. The summed E-state index contributed by atoms with van der Waals surface area (Å²) in [4.78, 5) is 16.0. The van der Waals surface area contributed by atoms with E-state index in [1.54, 1.807) is 18.2 Å². The molecule has 9 nitrogen and oxygen atoms in total. The number of hydrogen-bond acceptors (Lipinski definition) is 8. The number of nitrogens with zero attached hydrogens (tertiary/aromatic N) is 1. The standard InChI is InChI=1S/C34H36N2O7S/c1-36(29-10-13-34(14-11-29)42-15-16-43-34)21-23-2-6-28(7-3-23)35-33(37)26-12-17-44(38,39)32-9-5-24(18-27(32)19-26)25-4-8-30-31(20-25)41-22-40-30/h2-9,18-20,29H,10-17,21-22H2,1H3,(H,35,37). The second kappa shape index (κ2) is 11.7. The van der Waals surface area contributed by atoms with Crippen molar-refractivity contribution in [3.05, 3.63) is 77.4 Å². The van der Waals surface area contributed by atoms with Crippen LogP contribution in [-0.2, 0) is 30.7 Å². The van der Waals surface area contributed by atoms with Crippen LogP contribution in [0.1, 0.15) is 43.2 Å². The van der Waals surface area contributed by atoms with Crippen molar-refractivity contribution in [3.63, 3.8) is 0 Å². The number of fused-ring (bicyclic) bond motifs is 2. The Morgan fingerprint density at radius 2 is 1.64 bits per heavy atom. The summed E-state index contributed by atoms with van der Waals surface area (Å²) in [6.07, 6.45) is 5.76. The van der Waals surface area contributed by atoms with Crippen LogP contribution in [-0.4, -0.2) is 63.9 Å². The minimum absolute atomic E-state index is 0.129. The molecule has 4 aliphatic rings. The van der Waals surface area contributed by atoms with Crippen molar-refractivity contribution in [2.24, 2.45) is 0 Å². The summed E-state index contributed by atoms with van der Waals surface area (Å²) < 4.78 is 48.9. The molecule has 0 bridgehead atoms. The summed E-state index contributed by atoms with van der Waals surface area (Å²) in [7, 11) is -1.40. The van der Waals surface area contributed by atoms with Gasteiger partial charge in [-0.25, -0.2) is 8.42 Å². The predicted molar refractivity (Wildman–Crippen MR) is 166 cm³/mol. The van der Waals surface area contributed by atoms with Gasteiger partial charge in [-0.05, 0) is 91.0 Å². The summed E-state index contributed by atoms with van der Waals surface area (Å²) in [6.45, 7) is 2.36. The molecule has 2 fully saturated rings. The molecule has 3 heterocycles. The first-order chi connectivity index (χ1) is 21.3. The second-order valence-electron chi connectivity index (χ2n) is 12.0. The van der Waals surface area contributed by atoms with Gasteiger partial charge >= 0.3 is 0 Å². The molecule has 3 aromatic carbocycles. The molecule has 0 radical (unpaired) electrons. The van der Waals surface area contributed by atoms with E-state index in [1.807, 2.05) is 48.5 Å². The smallest absolute Gasteiger partial charge is 0.251 e. The molecule has 230 valence electrons. The number of amides is 1. The second-order valence-corrected chi connectivity index (χ2v) is 14.0. The predicted octanol–water partition coefficient (Wildman–Crippen LogP) is 5.40. The van der Waals surface area contributed by atoms with Crippen molar-refractivity contribution in [1.29, 1.82) is 0 Å². The van der Waals surface area contributed by atoms with Gasteiger partial charge in [-0.2, -0.15) is 0 Å². The van der Waals surface area contributed by atoms with E-state index in [0.717, 1.165) is 48.9 Å². The number of rotatable bonds is 6. The number of carbonyl (C=O) groups excluding carboxylic acids is 1. The molecule has 1 N–H and O–H groups in total. The van der Waals surface area contributed by atoms with Gasteiger partial charge in [0.1, 0.15) is 0 Å². The van der Waals surface area contributed by atoms with Crippen LogP contribution in [0.25, 0.3) is 17.2 Å². The Kier molecular flexibility index (Phi) is 7.70. The first-order valence-electron chi connectivity index (χ1n) is 15.1. The van der Waals surface area contributed by atoms with Crippen LogP contribution in [0.3, 0.4) is 0 Å². The fourth-order valence-corrected chi connectivity index (χ4v) is 8.05. The Bertz CT molecular complexity index is 1700. The Morgan fingerprint density at radius 1 is 0.932 bits per heavy atom. The molecule has 0 atom stereocenters. The van der Waals surface area contributed by atoms with Crippen LogP contribution < -0.4 is 14.8 Å². The monoisotopic (exact) mass is 616 g/mol.